The average Bonchev–Trinajstić information content (AvgIpc) is 0.713. The smallest absolute Gasteiger partial charge is 0.315 e. The summed E-state index contributed by atoms with van der Waals surface area (Å²) in [5.41, 5.74) is -3.71. The minimum Gasteiger partial charge on any atom is -0.432 e. The van der Waals surface area contributed by atoms with Crippen molar-refractivity contribution in [2.24, 2.45) is 50.2 Å². The maximum atomic E-state index is 16.0. The molecule has 6 heterocycles. The molecule has 32 nitrogen and oxygen atoms in total. The molecule has 38 atom stereocenters. The van der Waals surface area contributed by atoms with Gasteiger partial charge in [-0.05, 0) is 104 Å². The molecule has 0 radical (unpaired) electrons. The summed E-state index contributed by atoms with van der Waals surface area (Å²) >= 11 is 0. The van der Waals surface area contributed by atoms with Gasteiger partial charge in [-0.3, -0.25) is 4.79 Å². The van der Waals surface area contributed by atoms with Crippen LogP contribution in [0.25, 0.3) is 0 Å². The lowest BCUT2D eigenvalue weighted by molar-refractivity contribution is -0.384. The molecule has 6 aliphatic heterocycles. The Bertz CT molecular complexity index is 2700. The lowest BCUT2D eigenvalue weighted by Gasteiger charge is -2.72. The van der Waals surface area contributed by atoms with Crippen LogP contribution in [0.1, 0.15) is 106 Å². The molecule has 0 bridgehead atoms. The van der Waals surface area contributed by atoms with E-state index in [9.17, 15) is 97.0 Å². The van der Waals surface area contributed by atoms with Gasteiger partial charge in [0.15, 0.2) is 37.6 Å². The number of ether oxygens (including phenoxy) is 12. The average molecular weight is 1390 g/mol. The van der Waals surface area contributed by atoms with Gasteiger partial charge in [0.05, 0.1) is 63.4 Å². The van der Waals surface area contributed by atoms with Gasteiger partial charge in [-0.1, -0.05) is 53.2 Å². The van der Waals surface area contributed by atoms with Crippen LogP contribution in [0.15, 0.2) is 11.6 Å². The largest absolute Gasteiger partial charge is 0.432 e. The summed E-state index contributed by atoms with van der Waals surface area (Å²) < 4.78 is 72.6. The van der Waals surface area contributed by atoms with Crippen LogP contribution in [0.5, 0.6) is 0 Å². The van der Waals surface area contributed by atoms with E-state index in [4.69, 9.17) is 56.8 Å². The predicted molar refractivity (Wildman–Crippen MR) is 317 cm³/mol. The Kier molecular flexibility index (Phi) is 22.1. The first-order valence-electron chi connectivity index (χ1n) is 33.8. The van der Waals surface area contributed by atoms with Crippen LogP contribution < -0.4 is 0 Å². The van der Waals surface area contributed by atoms with Crippen LogP contribution in [-0.2, 0) is 61.6 Å². The number of esters is 1. The molecule has 5 aliphatic carbocycles. The molecule has 0 spiro atoms. The quantitative estimate of drug-likeness (QED) is 0.0366. The lowest BCUT2D eigenvalue weighted by atomic mass is 9.33. The third-order valence-electron chi connectivity index (χ3n) is 25.0. The first kappa shape index (κ1) is 75.2. The van der Waals surface area contributed by atoms with Crippen molar-refractivity contribution in [1.29, 1.82) is 0 Å². The third-order valence-corrected chi connectivity index (χ3v) is 25.0. The Labute approximate surface area is 555 Å². The highest BCUT2D eigenvalue weighted by Gasteiger charge is 2.72. The van der Waals surface area contributed by atoms with E-state index in [1.807, 2.05) is 0 Å². The molecular weight excluding hydrogens is 1280 g/mol. The van der Waals surface area contributed by atoms with Crippen LogP contribution in [0.2, 0.25) is 0 Å². The third kappa shape index (κ3) is 12.6. The zero-order valence-electron chi connectivity index (χ0n) is 55.0. The van der Waals surface area contributed by atoms with Crippen LogP contribution in [0.4, 0.5) is 0 Å². The summed E-state index contributed by atoms with van der Waals surface area (Å²) in [7, 11) is 0. The van der Waals surface area contributed by atoms with Crippen molar-refractivity contribution in [2.45, 2.75) is 290 Å². The zero-order chi connectivity index (χ0) is 70.0. The molecule has 6 saturated heterocycles. The van der Waals surface area contributed by atoms with E-state index < -0.39 is 263 Å². The number of rotatable bonds is 17. The second-order valence-electron chi connectivity index (χ2n) is 30.9. The van der Waals surface area contributed by atoms with Crippen LogP contribution in [-0.4, -0.2) is 327 Å². The number of aliphatic hydroxyl groups excluding tert-OH is 19. The molecule has 552 valence electrons. The summed E-state index contributed by atoms with van der Waals surface area (Å²) in [6.07, 6.45) is -44.9. The first-order chi connectivity index (χ1) is 45.1. The van der Waals surface area contributed by atoms with Gasteiger partial charge in [0.1, 0.15) is 122 Å². The molecule has 32 heteroatoms. The summed E-state index contributed by atoms with van der Waals surface area (Å²) in [5.74, 6) is -1.76. The van der Waals surface area contributed by atoms with E-state index in [0.29, 0.717) is 44.9 Å². The Morgan fingerprint density at radius 2 is 0.979 bits per heavy atom. The fourth-order valence-corrected chi connectivity index (χ4v) is 19.1. The molecule has 38 unspecified atom stereocenters. The summed E-state index contributed by atoms with van der Waals surface area (Å²) in [6, 6.07) is 0. The van der Waals surface area contributed by atoms with E-state index in [2.05, 4.69) is 40.7 Å². The number of carbonyl (C=O) groups excluding carboxylic acids is 1. The highest BCUT2D eigenvalue weighted by molar-refractivity contribution is 5.79. The fraction of sp³-hybridized carbons (Fsp3) is 0.953. The summed E-state index contributed by atoms with van der Waals surface area (Å²) in [6.45, 7) is 9.80. The number of aliphatic hydroxyl groups is 19. The molecule has 11 aliphatic rings. The normalized spacial score (nSPS) is 55.0. The van der Waals surface area contributed by atoms with Crippen molar-refractivity contribution in [1.82, 2.24) is 0 Å². The van der Waals surface area contributed by atoms with E-state index in [1.165, 1.54) is 6.92 Å². The Balaban J connectivity index is 0.873. The zero-order valence-corrected chi connectivity index (χ0v) is 55.0. The molecule has 96 heavy (non-hydrogen) atoms. The molecule has 19 N–H and O–H groups in total. The van der Waals surface area contributed by atoms with Gasteiger partial charge in [-0.2, -0.15) is 0 Å². The number of carbonyl (C=O) groups is 1. The number of hydrogen-bond acceptors (Lipinski definition) is 32. The number of fused-ring (bicyclic) bond motifs is 7. The van der Waals surface area contributed by atoms with Crippen molar-refractivity contribution >= 4 is 5.97 Å². The van der Waals surface area contributed by atoms with Crippen LogP contribution in [0.3, 0.4) is 0 Å². The Hall–Kier alpha value is -1.99. The summed E-state index contributed by atoms with van der Waals surface area (Å²) in [5, 5.41) is 208. The Morgan fingerprint density at radius 1 is 0.479 bits per heavy atom. The van der Waals surface area contributed by atoms with Crippen molar-refractivity contribution < 1.29 is 159 Å². The molecule has 0 amide bonds. The molecule has 0 aromatic heterocycles. The first-order valence-corrected chi connectivity index (χ1v) is 33.8. The molecule has 10 fully saturated rings. The van der Waals surface area contributed by atoms with Gasteiger partial charge in [0.25, 0.3) is 0 Å². The van der Waals surface area contributed by atoms with Gasteiger partial charge < -0.3 is 154 Å². The number of hydrogen-bond donors (Lipinski definition) is 19. The van der Waals surface area contributed by atoms with Crippen molar-refractivity contribution in [3.8, 4) is 0 Å². The molecule has 4 saturated carbocycles. The van der Waals surface area contributed by atoms with Gasteiger partial charge in [-0.15, -0.1) is 0 Å². The lowest BCUT2D eigenvalue weighted by Crippen LogP contribution is -2.70. The van der Waals surface area contributed by atoms with Crippen molar-refractivity contribution in [2.75, 3.05) is 39.6 Å². The summed E-state index contributed by atoms with van der Waals surface area (Å²) in [4.78, 5) is 16.0. The van der Waals surface area contributed by atoms with Gasteiger partial charge in [0, 0.05) is 5.41 Å². The van der Waals surface area contributed by atoms with E-state index in [0.717, 1.165) is 5.57 Å². The highest BCUT2D eigenvalue weighted by atomic mass is 16.8. The topological polar surface area (TPSA) is 512 Å². The fourth-order valence-electron chi connectivity index (χ4n) is 19.1. The van der Waals surface area contributed by atoms with Crippen molar-refractivity contribution in [3.63, 3.8) is 0 Å². The minimum absolute atomic E-state index is 0.127. The number of allylic oxidation sites excluding steroid dienone is 2. The SMILES string of the molecule is CC1OC(OC2C(OC(=O)C34CCC(C)(C)CC3C3=CCC5C6(C)CC(O)C(OC7OC(CO)C(O)C(O)C7OC7OC(CO)C(O)C(O)C7O)C(C)(CO)C6CCC5(C)C3(C)CC4)OC(CO)C(O)C2OC2OC(CO)C(O)C2O)C(O)C(O)C1OC1OCC(O)C(O)C1O. The van der Waals surface area contributed by atoms with Crippen LogP contribution in [0, 0.1) is 50.2 Å². The van der Waals surface area contributed by atoms with Gasteiger partial charge >= 0.3 is 5.97 Å². The van der Waals surface area contributed by atoms with E-state index in [-0.39, 0.29) is 30.1 Å². The second kappa shape index (κ2) is 28.2. The Morgan fingerprint density at radius 3 is 1.60 bits per heavy atom. The second-order valence-corrected chi connectivity index (χ2v) is 30.9. The standard InChI is InChI=1S/C64H104O32/c1-24-47(91-52-43(80)35(72)28(71)22-85-52)42(79)46(83)53(86-24)94-50-48(92-54-44(81)38(75)31(20-67)88-54)39(76)32(21-68)90-57(50)96-58(84)64-14-12-59(2,3)16-26(64)25-8-9-34-60(4)17-27(70)51(61(5,23-69)33(60)10-11-63(34,7)62(25,6)13-15-64)95-56-49(41(78)37(74)30(19-66)89-56)93-55-45(82)40(77)36(73)29(18-65)87-55/h8,24,26-57,65-83H,9-23H2,1-7H3. The minimum atomic E-state index is -2.04. The van der Waals surface area contributed by atoms with Crippen molar-refractivity contribution in [3.05, 3.63) is 11.6 Å². The molecule has 0 aromatic rings. The monoisotopic (exact) mass is 1380 g/mol. The predicted octanol–water partition coefficient (Wildman–Crippen LogP) is -6.14. The molecule has 11 rings (SSSR count). The van der Waals surface area contributed by atoms with Crippen LogP contribution >= 0.6 is 0 Å². The maximum Gasteiger partial charge on any atom is 0.315 e. The maximum absolute atomic E-state index is 16.0. The van der Waals surface area contributed by atoms with E-state index in [1.54, 1.807) is 6.92 Å². The van der Waals surface area contributed by atoms with E-state index >= 15 is 4.79 Å². The van der Waals surface area contributed by atoms with Gasteiger partial charge in [-0.25, -0.2) is 0 Å². The highest BCUT2D eigenvalue weighted by Crippen LogP contribution is 2.76. The van der Waals surface area contributed by atoms with Gasteiger partial charge in [0.2, 0.25) is 6.29 Å². The molecule has 0 aromatic carbocycles. The molecular formula is C64H104O32.